The van der Waals surface area contributed by atoms with E-state index in [-0.39, 0.29) is 40.4 Å². The van der Waals surface area contributed by atoms with Gasteiger partial charge in [-0.3, -0.25) is 13.9 Å². The van der Waals surface area contributed by atoms with Gasteiger partial charge in [0.05, 0.1) is 15.6 Å². The molecule has 0 bridgehead atoms. The Kier molecular flexibility index (Phi) is 11.4. The Bertz CT molecular complexity index is 1650. The van der Waals surface area contributed by atoms with Gasteiger partial charge in [0.2, 0.25) is 11.8 Å². The summed E-state index contributed by atoms with van der Waals surface area (Å²) in [4.78, 5) is 29.7. The molecule has 0 heterocycles. The number of carbonyl (C=O) groups excluding carboxylic acids is 2. The lowest BCUT2D eigenvalue weighted by molar-refractivity contribution is -0.140. The minimum Gasteiger partial charge on any atom is -0.354 e. The first-order chi connectivity index (χ1) is 21.1. The van der Waals surface area contributed by atoms with Gasteiger partial charge < -0.3 is 10.2 Å². The molecule has 0 aromatic heterocycles. The highest BCUT2D eigenvalue weighted by atomic mass is 35.5. The number of hydrogen-bond donors (Lipinski definition) is 1. The van der Waals surface area contributed by atoms with Crippen molar-refractivity contribution < 1.29 is 18.0 Å². The van der Waals surface area contributed by atoms with Gasteiger partial charge >= 0.3 is 0 Å². The van der Waals surface area contributed by atoms with E-state index in [9.17, 15) is 18.0 Å². The smallest absolute Gasteiger partial charge is 0.264 e. The normalized spacial score (nSPS) is 12.0. The summed E-state index contributed by atoms with van der Waals surface area (Å²) < 4.78 is 29.1. The molecule has 7 nitrogen and oxygen atoms in total. The molecule has 44 heavy (non-hydrogen) atoms. The van der Waals surface area contributed by atoms with Gasteiger partial charge in [-0.1, -0.05) is 116 Å². The standard InChI is InChI=1S/C34H35Cl2N3O4S/c1-25(2)22-37-34(41)32(20-26-12-6-3-7-13-26)38(23-27-14-8-4-9-15-27)33(40)24-39(31-19-18-28(35)21-30(31)36)44(42,43)29-16-10-5-11-17-29/h3-19,21,25,32H,20,22-24H2,1-2H3,(H,37,41)/t32-/m1/s1. The molecular weight excluding hydrogens is 617 g/mol. The number of rotatable bonds is 13. The molecule has 4 rings (SSSR count). The van der Waals surface area contributed by atoms with E-state index >= 15 is 0 Å². The Hall–Kier alpha value is -3.85. The zero-order chi connectivity index (χ0) is 31.7. The average Bonchev–Trinajstić information content (AvgIpc) is 3.02. The molecule has 0 fully saturated rings. The van der Waals surface area contributed by atoms with Gasteiger partial charge in [-0.25, -0.2) is 8.42 Å². The molecule has 0 unspecified atom stereocenters. The fourth-order valence-electron chi connectivity index (χ4n) is 4.67. The molecule has 0 aliphatic carbocycles. The van der Waals surface area contributed by atoms with Crippen LogP contribution in [0.3, 0.4) is 0 Å². The van der Waals surface area contributed by atoms with Crippen molar-refractivity contribution in [1.82, 2.24) is 10.2 Å². The van der Waals surface area contributed by atoms with E-state index in [1.54, 1.807) is 18.2 Å². The Balaban J connectivity index is 1.80. The molecule has 0 saturated heterocycles. The summed E-state index contributed by atoms with van der Waals surface area (Å²) in [5.74, 6) is -0.706. The maximum atomic E-state index is 14.4. The van der Waals surface area contributed by atoms with Crippen molar-refractivity contribution in [2.45, 2.75) is 37.8 Å². The molecule has 1 N–H and O–H groups in total. The monoisotopic (exact) mass is 651 g/mol. The summed E-state index contributed by atoms with van der Waals surface area (Å²) in [7, 11) is -4.26. The van der Waals surface area contributed by atoms with Crippen LogP contribution in [0.4, 0.5) is 5.69 Å². The molecule has 0 aliphatic heterocycles. The van der Waals surface area contributed by atoms with E-state index < -0.39 is 28.5 Å². The number of nitrogens with one attached hydrogen (secondary N) is 1. The second-order valence-electron chi connectivity index (χ2n) is 10.8. The first kappa shape index (κ1) is 33.1. The highest BCUT2D eigenvalue weighted by Gasteiger charge is 2.35. The largest absolute Gasteiger partial charge is 0.354 e. The van der Waals surface area contributed by atoms with E-state index in [0.717, 1.165) is 15.4 Å². The van der Waals surface area contributed by atoms with E-state index in [0.29, 0.717) is 11.6 Å². The van der Waals surface area contributed by atoms with E-state index in [2.05, 4.69) is 5.32 Å². The molecular formula is C34H35Cl2N3O4S. The van der Waals surface area contributed by atoms with Crippen LogP contribution in [0.25, 0.3) is 0 Å². The van der Waals surface area contributed by atoms with Crippen LogP contribution in [0.2, 0.25) is 10.0 Å². The summed E-state index contributed by atoms with van der Waals surface area (Å²) in [6.07, 6.45) is 0.233. The summed E-state index contributed by atoms with van der Waals surface area (Å²) in [5, 5.41) is 3.36. The van der Waals surface area contributed by atoms with E-state index in [1.165, 1.54) is 35.2 Å². The lowest BCUT2D eigenvalue weighted by Crippen LogP contribution is -2.53. The number of carbonyl (C=O) groups is 2. The average molecular weight is 653 g/mol. The maximum absolute atomic E-state index is 14.4. The number of anilines is 1. The third kappa shape index (κ3) is 8.62. The van der Waals surface area contributed by atoms with Crippen molar-refractivity contribution in [1.29, 1.82) is 0 Å². The maximum Gasteiger partial charge on any atom is 0.264 e. The summed E-state index contributed by atoms with van der Waals surface area (Å²) in [6.45, 7) is 3.88. The molecule has 4 aromatic carbocycles. The first-order valence-electron chi connectivity index (χ1n) is 14.2. The Morgan fingerprint density at radius 1 is 0.795 bits per heavy atom. The van der Waals surface area contributed by atoms with Crippen molar-refractivity contribution in [3.05, 3.63) is 130 Å². The first-order valence-corrected chi connectivity index (χ1v) is 16.4. The molecule has 0 spiro atoms. The number of benzene rings is 4. The van der Waals surface area contributed by atoms with E-state index in [4.69, 9.17) is 23.2 Å². The molecule has 0 saturated carbocycles. The Morgan fingerprint density at radius 2 is 1.36 bits per heavy atom. The van der Waals surface area contributed by atoms with Gasteiger partial charge in [0.25, 0.3) is 10.0 Å². The quantitative estimate of drug-likeness (QED) is 0.176. The van der Waals surface area contributed by atoms with Crippen molar-refractivity contribution in [3.63, 3.8) is 0 Å². The molecule has 10 heteroatoms. The molecule has 4 aromatic rings. The van der Waals surface area contributed by atoms with Crippen LogP contribution in [0.5, 0.6) is 0 Å². The third-order valence-corrected chi connectivity index (χ3v) is 9.25. The van der Waals surface area contributed by atoms with Crippen molar-refractivity contribution in [3.8, 4) is 0 Å². The highest BCUT2D eigenvalue weighted by molar-refractivity contribution is 7.92. The minimum absolute atomic E-state index is 0.0102. The van der Waals surface area contributed by atoms with Gasteiger partial charge in [-0.15, -0.1) is 0 Å². The summed E-state index contributed by atoms with van der Waals surface area (Å²) in [5.41, 5.74) is 1.74. The number of halogens is 2. The van der Waals surface area contributed by atoms with Crippen LogP contribution in [-0.2, 0) is 32.6 Å². The predicted octanol–water partition coefficient (Wildman–Crippen LogP) is 6.60. The molecule has 0 aliphatic rings. The highest BCUT2D eigenvalue weighted by Crippen LogP contribution is 2.33. The Labute approximate surface area is 269 Å². The lowest BCUT2D eigenvalue weighted by Gasteiger charge is -2.34. The minimum atomic E-state index is -4.26. The van der Waals surface area contributed by atoms with Crippen molar-refractivity contribution in [2.75, 3.05) is 17.4 Å². The van der Waals surface area contributed by atoms with Gasteiger partial charge in [0, 0.05) is 24.5 Å². The summed E-state index contributed by atoms with van der Waals surface area (Å²) >= 11 is 12.7. The van der Waals surface area contributed by atoms with E-state index in [1.807, 2.05) is 74.5 Å². The third-order valence-electron chi connectivity index (χ3n) is 6.94. The van der Waals surface area contributed by atoms with Gasteiger partial charge in [0.15, 0.2) is 0 Å². The topological polar surface area (TPSA) is 86.8 Å². The Morgan fingerprint density at radius 3 is 1.93 bits per heavy atom. The number of amides is 2. The van der Waals surface area contributed by atoms with Crippen LogP contribution >= 0.6 is 23.2 Å². The second kappa shape index (κ2) is 15.2. The molecule has 0 radical (unpaired) electrons. The van der Waals surface area contributed by atoms with Crippen LogP contribution < -0.4 is 9.62 Å². The number of hydrogen-bond acceptors (Lipinski definition) is 4. The van der Waals surface area contributed by atoms with Crippen molar-refractivity contribution in [2.24, 2.45) is 5.92 Å². The van der Waals surface area contributed by atoms with Crippen LogP contribution in [0, 0.1) is 5.92 Å². The summed E-state index contributed by atoms with van der Waals surface area (Å²) in [6, 6.07) is 30.0. The number of nitrogens with zero attached hydrogens (tertiary/aromatic N) is 2. The number of sulfonamides is 1. The van der Waals surface area contributed by atoms with Gasteiger partial charge in [-0.05, 0) is 47.4 Å². The lowest BCUT2D eigenvalue weighted by atomic mass is 10.0. The zero-order valence-corrected chi connectivity index (χ0v) is 26.9. The van der Waals surface area contributed by atoms with Gasteiger partial charge in [0.1, 0.15) is 12.6 Å². The SMILES string of the molecule is CC(C)CNC(=O)[C@@H](Cc1ccccc1)N(Cc1ccccc1)C(=O)CN(c1ccc(Cl)cc1Cl)S(=O)(=O)c1ccccc1. The van der Waals surface area contributed by atoms with Crippen LogP contribution in [0.1, 0.15) is 25.0 Å². The zero-order valence-electron chi connectivity index (χ0n) is 24.6. The van der Waals surface area contributed by atoms with Crippen molar-refractivity contribution >= 4 is 50.7 Å². The van der Waals surface area contributed by atoms with Crippen LogP contribution in [0.15, 0.2) is 114 Å². The van der Waals surface area contributed by atoms with Crippen LogP contribution in [-0.4, -0.2) is 44.3 Å². The second-order valence-corrected chi connectivity index (χ2v) is 13.5. The fourth-order valence-corrected chi connectivity index (χ4v) is 6.69. The molecule has 1 atom stereocenters. The molecule has 230 valence electrons. The van der Waals surface area contributed by atoms with Gasteiger partial charge in [-0.2, -0.15) is 0 Å². The molecule has 2 amide bonds. The fraction of sp³-hybridized carbons (Fsp3) is 0.235. The predicted molar refractivity (Wildman–Crippen MR) is 176 cm³/mol.